The number of benzene rings is 1. The molecule has 0 spiro atoms. The quantitative estimate of drug-likeness (QED) is 0.673. The van der Waals surface area contributed by atoms with Crippen LogP contribution in [0.5, 0.6) is 0 Å². The van der Waals surface area contributed by atoms with Crippen molar-refractivity contribution in [3.8, 4) is 0 Å². The molecular weight excluding hydrogens is 294 g/mol. The molecule has 0 fully saturated rings. The molecule has 1 amide bonds. The minimum Gasteiger partial charge on any atom is -0.478 e. The Morgan fingerprint density at radius 1 is 1.17 bits per heavy atom. The van der Waals surface area contributed by atoms with Crippen molar-refractivity contribution in [2.75, 3.05) is 6.54 Å². The van der Waals surface area contributed by atoms with Gasteiger partial charge in [-0.1, -0.05) is 18.2 Å². The second kappa shape index (κ2) is 6.31. The predicted octanol–water partition coefficient (Wildman–Crippen LogP) is 2.23. The van der Waals surface area contributed by atoms with Gasteiger partial charge in [-0.15, -0.1) is 0 Å². The number of para-hydroxylation sites is 1. The van der Waals surface area contributed by atoms with Gasteiger partial charge in [0.2, 0.25) is 0 Å². The Morgan fingerprint density at radius 2 is 2.00 bits per heavy atom. The SMILES string of the molecule is O=C(O)c1cnccc1C(=O)NCCc1c[nH]c2ccccc12. The topological polar surface area (TPSA) is 95.1 Å². The number of rotatable bonds is 5. The second-order valence-corrected chi connectivity index (χ2v) is 5.09. The highest BCUT2D eigenvalue weighted by atomic mass is 16.4. The normalized spacial score (nSPS) is 10.6. The zero-order valence-corrected chi connectivity index (χ0v) is 12.2. The van der Waals surface area contributed by atoms with Crippen LogP contribution in [0.3, 0.4) is 0 Å². The number of aromatic nitrogens is 2. The first-order chi connectivity index (χ1) is 11.2. The van der Waals surface area contributed by atoms with Gasteiger partial charge in [-0.25, -0.2) is 4.79 Å². The first-order valence-electron chi connectivity index (χ1n) is 7.17. The van der Waals surface area contributed by atoms with E-state index in [9.17, 15) is 9.59 Å². The van der Waals surface area contributed by atoms with Crippen molar-refractivity contribution < 1.29 is 14.7 Å². The van der Waals surface area contributed by atoms with E-state index < -0.39 is 11.9 Å². The average molecular weight is 309 g/mol. The molecule has 2 heterocycles. The van der Waals surface area contributed by atoms with Crippen LogP contribution in [0.2, 0.25) is 0 Å². The number of nitrogens with zero attached hydrogens (tertiary/aromatic N) is 1. The zero-order valence-electron chi connectivity index (χ0n) is 12.2. The van der Waals surface area contributed by atoms with Crippen LogP contribution in [-0.2, 0) is 6.42 Å². The van der Waals surface area contributed by atoms with Gasteiger partial charge in [0.15, 0.2) is 0 Å². The smallest absolute Gasteiger partial charge is 0.338 e. The Morgan fingerprint density at radius 3 is 2.83 bits per heavy atom. The fourth-order valence-electron chi connectivity index (χ4n) is 2.51. The van der Waals surface area contributed by atoms with E-state index in [1.807, 2.05) is 30.5 Å². The fourth-order valence-corrected chi connectivity index (χ4v) is 2.51. The first kappa shape index (κ1) is 14.8. The van der Waals surface area contributed by atoms with E-state index in [1.165, 1.54) is 18.5 Å². The van der Waals surface area contributed by atoms with Crippen LogP contribution < -0.4 is 5.32 Å². The number of nitrogens with one attached hydrogen (secondary N) is 2. The summed E-state index contributed by atoms with van der Waals surface area (Å²) in [5.41, 5.74) is 2.17. The van der Waals surface area contributed by atoms with Crippen molar-refractivity contribution in [2.24, 2.45) is 0 Å². The molecule has 6 heteroatoms. The van der Waals surface area contributed by atoms with Gasteiger partial charge in [-0.2, -0.15) is 0 Å². The van der Waals surface area contributed by atoms with Gasteiger partial charge >= 0.3 is 5.97 Å². The third-order valence-corrected chi connectivity index (χ3v) is 3.65. The van der Waals surface area contributed by atoms with E-state index in [-0.39, 0.29) is 11.1 Å². The Kier molecular flexibility index (Phi) is 4.05. The summed E-state index contributed by atoms with van der Waals surface area (Å²) < 4.78 is 0. The van der Waals surface area contributed by atoms with E-state index in [4.69, 9.17) is 5.11 Å². The lowest BCUT2D eigenvalue weighted by atomic mass is 10.1. The highest BCUT2D eigenvalue weighted by molar-refractivity contribution is 6.04. The van der Waals surface area contributed by atoms with Crippen molar-refractivity contribution >= 4 is 22.8 Å². The fraction of sp³-hybridized carbons (Fsp3) is 0.118. The van der Waals surface area contributed by atoms with Gasteiger partial charge in [-0.05, 0) is 24.1 Å². The Labute approximate surface area is 132 Å². The molecule has 3 rings (SSSR count). The van der Waals surface area contributed by atoms with Crippen LogP contribution in [0.1, 0.15) is 26.3 Å². The minimum atomic E-state index is -1.17. The van der Waals surface area contributed by atoms with Gasteiger partial charge in [0.05, 0.1) is 11.1 Å². The Bertz CT molecular complexity index is 870. The summed E-state index contributed by atoms with van der Waals surface area (Å²) in [6.45, 7) is 0.419. The summed E-state index contributed by atoms with van der Waals surface area (Å²) in [7, 11) is 0. The number of carbonyl (C=O) groups excluding carboxylic acids is 1. The van der Waals surface area contributed by atoms with E-state index >= 15 is 0 Å². The molecule has 0 aliphatic carbocycles. The van der Waals surface area contributed by atoms with Crippen molar-refractivity contribution in [2.45, 2.75) is 6.42 Å². The molecular formula is C17H15N3O3. The molecule has 23 heavy (non-hydrogen) atoms. The number of pyridine rings is 1. The maximum Gasteiger partial charge on any atom is 0.338 e. The lowest BCUT2D eigenvalue weighted by Gasteiger charge is -2.07. The lowest BCUT2D eigenvalue weighted by molar-refractivity contribution is 0.0690. The third-order valence-electron chi connectivity index (χ3n) is 3.65. The monoisotopic (exact) mass is 309 g/mol. The summed E-state index contributed by atoms with van der Waals surface area (Å²) in [5.74, 6) is -1.58. The molecule has 0 unspecified atom stereocenters. The molecule has 0 atom stereocenters. The molecule has 3 aromatic rings. The molecule has 6 nitrogen and oxygen atoms in total. The Balaban J connectivity index is 1.67. The number of amides is 1. The number of hydrogen-bond acceptors (Lipinski definition) is 3. The minimum absolute atomic E-state index is 0.0999. The number of carboxylic acids is 1. The van der Waals surface area contributed by atoms with Crippen molar-refractivity contribution in [1.29, 1.82) is 0 Å². The van der Waals surface area contributed by atoms with Crippen LogP contribution in [0.25, 0.3) is 10.9 Å². The Hall–Kier alpha value is -3.15. The lowest BCUT2D eigenvalue weighted by Crippen LogP contribution is -2.27. The highest BCUT2D eigenvalue weighted by Gasteiger charge is 2.16. The van der Waals surface area contributed by atoms with Gasteiger partial charge in [0, 0.05) is 36.0 Å². The van der Waals surface area contributed by atoms with Gasteiger partial charge in [-0.3, -0.25) is 9.78 Å². The summed E-state index contributed by atoms with van der Waals surface area (Å²) in [4.78, 5) is 30.2. The number of carboxylic acid groups (broad SMARTS) is 1. The molecule has 116 valence electrons. The average Bonchev–Trinajstić information content (AvgIpc) is 2.98. The largest absolute Gasteiger partial charge is 0.478 e. The number of H-pyrrole nitrogens is 1. The van der Waals surface area contributed by atoms with Gasteiger partial charge in [0.1, 0.15) is 0 Å². The van der Waals surface area contributed by atoms with Gasteiger partial charge in [0.25, 0.3) is 5.91 Å². The van der Waals surface area contributed by atoms with Crippen LogP contribution in [-0.4, -0.2) is 33.5 Å². The number of hydrogen-bond donors (Lipinski definition) is 3. The highest BCUT2D eigenvalue weighted by Crippen LogP contribution is 2.17. The molecule has 0 bridgehead atoms. The summed E-state index contributed by atoms with van der Waals surface area (Å²) in [5, 5.41) is 13.0. The molecule has 0 saturated carbocycles. The summed E-state index contributed by atoms with van der Waals surface area (Å²) in [6, 6.07) is 9.35. The molecule has 0 aliphatic rings. The van der Waals surface area contributed by atoms with E-state index in [0.29, 0.717) is 13.0 Å². The molecule has 3 N–H and O–H groups in total. The number of carbonyl (C=O) groups is 2. The molecule has 0 radical (unpaired) electrons. The third kappa shape index (κ3) is 3.06. The van der Waals surface area contributed by atoms with Crippen LogP contribution in [0.15, 0.2) is 48.9 Å². The first-order valence-corrected chi connectivity index (χ1v) is 7.17. The molecule has 0 aliphatic heterocycles. The van der Waals surface area contributed by atoms with E-state index in [2.05, 4.69) is 15.3 Å². The van der Waals surface area contributed by atoms with Crippen LogP contribution in [0, 0.1) is 0 Å². The predicted molar refractivity (Wildman–Crippen MR) is 85.5 cm³/mol. The summed E-state index contributed by atoms with van der Waals surface area (Å²) in [6.07, 6.45) is 5.16. The van der Waals surface area contributed by atoms with Gasteiger partial charge < -0.3 is 15.4 Å². The van der Waals surface area contributed by atoms with Crippen molar-refractivity contribution in [1.82, 2.24) is 15.3 Å². The summed E-state index contributed by atoms with van der Waals surface area (Å²) >= 11 is 0. The van der Waals surface area contributed by atoms with Crippen molar-refractivity contribution in [3.63, 3.8) is 0 Å². The number of fused-ring (bicyclic) bond motifs is 1. The van der Waals surface area contributed by atoms with Crippen LogP contribution in [0.4, 0.5) is 0 Å². The van der Waals surface area contributed by atoms with Crippen LogP contribution >= 0.6 is 0 Å². The van der Waals surface area contributed by atoms with E-state index in [1.54, 1.807) is 0 Å². The van der Waals surface area contributed by atoms with Crippen molar-refractivity contribution in [3.05, 3.63) is 65.6 Å². The maximum atomic E-state index is 12.2. The second-order valence-electron chi connectivity index (χ2n) is 5.09. The molecule has 2 aromatic heterocycles. The number of aromatic amines is 1. The maximum absolute atomic E-state index is 12.2. The van der Waals surface area contributed by atoms with E-state index in [0.717, 1.165) is 16.5 Å². The standard InChI is InChI=1S/C17H15N3O3/c21-16(13-6-7-18-10-14(13)17(22)23)19-8-5-11-9-20-15-4-2-1-3-12(11)15/h1-4,6-7,9-10,20H,5,8H2,(H,19,21)(H,22,23). The number of aromatic carboxylic acids is 1. The molecule has 1 aromatic carbocycles. The molecule has 0 saturated heterocycles. The zero-order chi connectivity index (χ0) is 16.2.